The molecule has 0 spiro atoms. The van der Waals surface area contributed by atoms with Crippen LogP contribution in [0, 0.1) is 17.8 Å². The summed E-state index contributed by atoms with van der Waals surface area (Å²) in [4.78, 5) is 5.73. The number of thiophene rings is 1. The van der Waals surface area contributed by atoms with Crippen LogP contribution in [-0.4, -0.2) is 4.98 Å². The van der Waals surface area contributed by atoms with Crippen LogP contribution in [0.15, 0.2) is 22.9 Å². The van der Waals surface area contributed by atoms with Gasteiger partial charge in [-0.05, 0) is 23.3 Å². The first-order chi connectivity index (χ1) is 7.75. The molecule has 3 heteroatoms. The SMILES string of the molecule is CC(C)CC#Cc1csc(-c2cccs2)n1. The molecule has 2 rings (SSSR count). The summed E-state index contributed by atoms with van der Waals surface area (Å²) >= 11 is 3.38. The van der Waals surface area contributed by atoms with E-state index in [4.69, 9.17) is 0 Å². The Kier molecular flexibility index (Phi) is 3.76. The summed E-state index contributed by atoms with van der Waals surface area (Å²) in [7, 11) is 0. The molecule has 16 heavy (non-hydrogen) atoms. The van der Waals surface area contributed by atoms with Gasteiger partial charge in [0.15, 0.2) is 0 Å². The lowest BCUT2D eigenvalue weighted by Crippen LogP contribution is -1.82. The van der Waals surface area contributed by atoms with Crippen LogP contribution in [0.5, 0.6) is 0 Å². The van der Waals surface area contributed by atoms with E-state index in [0.717, 1.165) is 17.1 Å². The highest BCUT2D eigenvalue weighted by Gasteiger charge is 2.03. The second kappa shape index (κ2) is 5.29. The van der Waals surface area contributed by atoms with Crippen molar-refractivity contribution in [3.8, 4) is 21.7 Å². The molecule has 0 aromatic carbocycles. The average Bonchev–Trinajstić information content (AvgIpc) is 2.85. The van der Waals surface area contributed by atoms with Gasteiger partial charge in [-0.1, -0.05) is 25.8 Å². The van der Waals surface area contributed by atoms with Crippen molar-refractivity contribution in [1.29, 1.82) is 0 Å². The third-order valence-corrected chi connectivity index (χ3v) is 3.84. The van der Waals surface area contributed by atoms with Crippen LogP contribution in [0.1, 0.15) is 26.0 Å². The highest BCUT2D eigenvalue weighted by molar-refractivity contribution is 7.20. The Morgan fingerprint density at radius 1 is 1.38 bits per heavy atom. The standard InChI is InChI=1S/C13H13NS2/c1-10(2)5-3-6-11-9-16-13(14-11)12-7-4-8-15-12/h4,7-10H,5H2,1-2H3. The molecule has 0 unspecified atom stereocenters. The lowest BCUT2D eigenvalue weighted by atomic mass is 10.1. The summed E-state index contributed by atoms with van der Waals surface area (Å²) in [6.07, 6.45) is 0.936. The topological polar surface area (TPSA) is 12.9 Å². The Balaban J connectivity index is 2.10. The number of hydrogen-bond donors (Lipinski definition) is 0. The fourth-order valence-corrected chi connectivity index (χ4v) is 2.76. The minimum atomic E-state index is 0.628. The van der Waals surface area contributed by atoms with Gasteiger partial charge < -0.3 is 0 Å². The molecule has 0 radical (unpaired) electrons. The smallest absolute Gasteiger partial charge is 0.134 e. The number of rotatable bonds is 2. The fourth-order valence-electron chi connectivity index (χ4n) is 1.19. The van der Waals surface area contributed by atoms with E-state index in [9.17, 15) is 0 Å². The summed E-state index contributed by atoms with van der Waals surface area (Å²) < 4.78 is 0. The third kappa shape index (κ3) is 2.94. The minimum absolute atomic E-state index is 0.628. The molecule has 0 saturated heterocycles. The molecule has 0 amide bonds. The molecule has 2 aromatic heterocycles. The first kappa shape index (κ1) is 11.4. The fraction of sp³-hybridized carbons (Fsp3) is 0.308. The molecule has 0 aliphatic heterocycles. The van der Waals surface area contributed by atoms with Crippen LogP contribution in [0.25, 0.3) is 9.88 Å². The van der Waals surface area contributed by atoms with Gasteiger partial charge in [0.05, 0.1) is 4.88 Å². The van der Waals surface area contributed by atoms with Crippen molar-refractivity contribution >= 4 is 22.7 Å². The molecule has 2 aromatic rings. The Hall–Kier alpha value is -1.11. The minimum Gasteiger partial charge on any atom is -0.227 e. The molecule has 2 heterocycles. The van der Waals surface area contributed by atoms with E-state index in [1.807, 2.05) is 11.4 Å². The van der Waals surface area contributed by atoms with Gasteiger partial charge in [-0.2, -0.15) is 0 Å². The predicted octanol–water partition coefficient (Wildman–Crippen LogP) is 4.27. The second-order valence-electron chi connectivity index (χ2n) is 3.91. The van der Waals surface area contributed by atoms with E-state index in [1.54, 1.807) is 22.7 Å². The maximum absolute atomic E-state index is 4.50. The Morgan fingerprint density at radius 2 is 2.25 bits per heavy atom. The maximum Gasteiger partial charge on any atom is 0.134 e. The lowest BCUT2D eigenvalue weighted by Gasteiger charge is -1.92. The summed E-state index contributed by atoms with van der Waals surface area (Å²) in [6.45, 7) is 4.35. The van der Waals surface area contributed by atoms with Gasteiger partial charge in [0.2, 0.25) is 0 Å². The van der Waals surface area contributed by atoms with Gasteiger partial charge in [0, 0.05) is 11.8 Å². The molecular formula is C13H13NS2. The number of thiazole rings is 1. The largest absolute Gasteiger partial charge is 0.227 e. The predicted molar refractivity (Wildman–Crippen MR) is 71.8 cm³/mol. The van der Waals surface area contributed by atoms with Crippen molar-refractivity contribution < 1.29 is 0 Å². The molecule has 82 valence electrons. The third-order valence-electron chi connectivity index (χ3n) is 1.96. The van der Waals surface area contributed by atoms with Crippen molar-refractivity contribution in [3.05, 3.63) is 28.6 Å². The number of aromatic nitrogens is 1. The van der Waals surface area contributed by atoms with Gasteiger partial charge >= 0.3 is 0 Å². The van der Waals surface area contributed by atoms with Crippen LogP contribution in [0.3, 0.4) is 0 Å². The Labute approximate surface area is 104 Å². The molecule has 0 N–H and O–H groups in total. The van der Waals surface area contributed by atoms with E-state index in [-0.39, 0.29) is 0 Å². The Morgan fingerprint density at radius 3 is 2.94 bits per heavy atom. The number of hydrogen-bond acceptors (Lipinski definition) is 3. The van der Waals surface area contributed by atoms with Crippen molar-refractivity contribution in [1.82, 2.24) is 4.98 Å². The van der Waals surface area contributed by atoms with E-state index in [1.165, 1.54) is 4.88 Å². The van der Waals surface area contributed by atoms with Crippen LogP contribution < -0.4 is 0 Å². The molecule has 0 aliphatic carbocycles. The molecule has 0 aliphatic rings. The van der Waals surface area contributed by atoms with E-state index in [2.05, 4.69) is 42.1 Å². The summed E-state index contributed by atoms with van der Waals surface area (Å²) in [5, 5.41) is 5.17. The summed E-state index contributed by atoms with van der Waals surface area (Å²) in [5.74, 6) is 6.90. The molecule has 0 bridgehead atoms. The number of nitrogens with zero attached hydrogens (tertiary/aromatic N) is 1. The van der Waals surface area contributed by atoms with Gasteiger partial charge in [-0.15, -0.1) is 22.7 Å². The molecule has 0 saturated carbocycles. The van der Waals surface area contributed by atoms with Crippen LogP contribution >= 0.6 is 22.7 Å². The van der Waals surface area contributed by atoms with Crippen LogP contribution in [0.4, 0.5) is 0 Å². The zero-order valence-electron chi connectivity index (χ0n) is 9.36. The van der Waals surface area contributed by atoms with Gasteiger partial charge in [-0.3, -0.25) is 0 Å². The van der Waals surface area contributed by atoms with Crippen molar-refractivity contribution in [2.45, 2.75) is 20.3 Å². The second-order valence-corrected chi connectivity index (χ2v) is 5.72. The maximum atomic E-state index is 4.50. The first-order valence-corrected chi connectivity index (χ1v) is 7.00. The van der Waals surface area contributed by atoms with Crippen LogP contribution in [0.2, 0.25) is 0 Å². The Bertz CT molecular complexity index is 498. The zero-order valence-corrected chi connectivity index (χ0v) is 11.0. The highest BCUT2D eigenvalue weighted by atomic mass is 32.1. The van der Waals surface area contributed by atoms with Gasteiger partial charge in [-0.25, -0.2) is 4.98 Å². The molecule has 0 fully saturated rings. The molecule has 1 nitrogen and oxygen atoms in total. The van der Waals surface area contributed by atoms with Gasteiger partial charge in [0.1, 0.15) is 10.7 Å². The lowest BCUT2D eigenvalue weighted by molar-refractivity contribution is 0.676. The summed E-state index contributed by atoms with van der Waals surface area (Å²) in [6, 6.07) is 4.14. The molecule has 0 atom stereocenters. The first-order valence-electron chi connectivity index (χ1n) is 5.24. The summed E-state index contributed by atoms with van der Waals surface area (Å²) in [5.41, 5.74) is 0.897. The quantitative estimate of drug-likeness (QED) is 0.722. The highest BCUT2D eigenvalue weighted by Crippen LogP contribution is 2.27. The van der Waals surface area contributed by atoms with E-state index in [0.29, 0.717) is 5.92 Å². The van der Waals surface area contributed by atoms with Crippen LogP contribution in [-0.2, 0) is 0 Å². The van der Waals surface area contributed by atoms with E-state index < -0.39 is 0 Å². The van der Waals surface area contributed by atoms with E-state index >= 15 is 0 Å². The average molecular weight is 247 g/mol. The van der Waals surface area contributed by atoms with Gasteiger partial charge in [0.25, 0.3) is 0 Å². The normalized spacial score (nSPS) is 10.2. The van der Waals surface area contributed by atoms with Crippen molar-refractivity contribution in [2.24, 2.45) is 5.92 Å². The molecular weight excluding hydrogens is 234 g/mol. The monoisotopic (exact) mass is 247 g/mol. The zero-order chi connectivity index (χ0) is 11.4. The van der Waals surface area contributed by atoms with Crippen molar-refractivity contribution in [3.63, 3.8) is 0 Å². The van der Waals surface area contributed by atoms with Crippen molar-refractivity contribution in [2.75, 3.05) is 0 Å².